The van der Waals surface area contributed by atoms with Crippen LogP contribution in [-0.4, -0.2) is 11.4 Å². The van der Waals surface area contributed by atoms with E-state index in [0.717, 1.165) is 6.07 Å². The lowest BCUT2D eigenvalue weighted by Crippen LogP contribution is -2.45. The van der Waals surface area contributed by atoms with Gasteiger partial charge in [0.15, 0.2) is 0 Å². The van der Waals surface area contributed by atoms with Crippen molar-refractivity contribution in [1.29, 1.82) is 0 Å². The van der Waals surface area contributed by atoms with Crippen LogP contribution in [0.4, 0.5) is 10.1 Å². The van der Waals surface area contributed by atoms with Crippen LogP contribution in [-0.2, 0) is 4.79 Å². The Hall–Kier alpha value is -1.13. The Labute approximate surface area is 92.4 Å². The minimum Gasteiger partial charge on any atom is -0.323 e. The number of carbonyl (C=O) groups is 1. The van der Waals surface area contributed by atoms with E-state index in [-0.39, 0.29) is 10.9 Å². The van der Waals surface area contributed by atoms with Crippen LogP contribution >= 0.6 is 11.6 Å². The lowest BCUT2D eigenvalue weighted by atomic mass is 10.1. The molecule has 82 valence electrons. The summed E-state index contributed by atoms with van der Waals surface area (Å²) in [5.74, 6) is -0.832. The highest BCUT2D eigenvalue weighted by molar-refractivity contribution is 6.33. The predicted molar refractivity (Wildman–Crippen MR) is 58.3 cm³/mol. The standard InChI is InChI=1S/C10H12ClFN2O/c1-10(2,13)9(15)14-8-4-3-6(12)5-7(8)11/h3-5H,13H2,1-2H3,(H,14,15). The summed E-state index contributed by atoms with van der Waals surface area (Å²) < 4.78 is 12.7. The first kappa shape index (κ1) is 11.9. The molecule has 0 saturated carbocycles. The van der Waals surface area contributed by atoms with Crippen molar-refractivity contribution in [2.45, 2.75) is 19.4 Å². The highest BCUT2D eigenvalue weighted by Gasteiger charge is 2.22. The summed E-state index contributed by atoms with van der Waals surface area (Å²) in [6, 6.07) is 3.73. The Morgan fingerprint density at radius 1 is 1.53 bits per heavy atom. The van der Waals surface area contributed by atoms with Gasteiger partial charge in [-0.3, -0.25) is 4.79 Å². The third-order valence-corrected chi connectivity index (χ3v) is 2.08. The van der Waals surface area contributed by atoms with Crippen molar-refractivity contribution in [3.63, 3.8) is 0 Å². The normalized spacial score (nSPS) is 11.3. The predicted octanol–water partition coefficient (Wildman–Crippen LogP) is 2.15. The van der Waals surface area contributed by atoms with E-state index >= 15 is 0 Å². The van der Waals surface area contributed by atoms with Gasteiger partial charge in [0.1, 0.15) is 5.82 Å². The van der Waals surface area contributed by atoms with Gasteiger partial charge in [0, 0.05) is 0 Å². The summed E-state index contributed by atoms with van der Waals surface area (Å²) in [6.07, 6.45) is 0. The molecule has 1 amide bonds. The van der Waals surface area contributed by atoms with Gasteiger partial charge in [0.05, 0.1) is 16.2 Å². The van der Waals surface area contributed by atoms with E-state index in [1.807, 2.05) is 0 Å². The van der Waals surface area contributed by atoms with Crippen LogP contribution in [0.2, 0.25) is 5.02 Å². The van der Waals surface area contributed by atoms with Crippen LogP contribution in [0.15, 0.2) is 18.2 Å². The molecule has 15 heavy (non-hydrogen) atoms. The first-order valence-corrected chi connectivity index (χ1v) is 4.74. The van der Waals surface area contributed by atoms with Gasteiger partial charge in [-0.25, -0.2) is 4.39 Å². The van der Waals surface area contributed by atoms with Crippen LogP contribution in [0.5, 0.6) is 0 Å². The van der Waals surface area contributed by atoms with Gasteiger partial charge in [-0.1, -0.05) is 11.6 Å². The molecule has 5 heteroatoms. The minimum absolute atomic E-state index is 0.146. The third kappa shape index (κ3) is 3.18. The molecule has 3 N–H and O–H groups in total. The number of halogens is 2. The Balaban J connectivity index is 2.87. The number of benzene rings is 1. The van der Waals surface area contributed by atoms with Crippen LogP contribution in [0, 0.1) is 5.82 Å². The molecule has 0 bridgehead atoms. The number of amides is 1. The van der Waals surface area contributed by atoms with Crippen LogP contribution in [0.25, 0.3) is 0 Å². The Kier molecular flexibility index (Phi) is 3.31. The first-order valence-electron chi connectivity index (χ1n) is 4.36. The zero-order valence-electron chi connectivity index (χ0n) is 8.47. The maximum Gasteiger partial charge on any atom is 0.243 e. The number of nitrogens with one attached hydrogen (secondary N) is 1. The zero-order valence-corrected chi connectivity index (χ0v) is 9.23. The molecule has 0 unspecified atom stereocenters. The minimum atomic E-state index is -1.00. The molecule has 0 saturated heterocycles. The van der Waals surface area contributed by atoms with Gasteiger partial charge in [0.25, 0.3) is 0 Å². The van der Waals surface area contributed by atoms with Crippen molar-refractivity contribution in [2.75, 3.05) is 5.32 Å². The second-order valence-corrected chi connectivity index (χ2v) is 4.21. The second-order valence-electron chi connectivity index (χ2n) is 3.80. The number of nitrogens with two attached hydrogens (primary N) is 1. The molecule has 3 nitrogen and oxygen atoms in total. The van der Waals surface area contributed by atoms with E-state index < -0.39 is 11.4 Å². The topological polar surface area (TPSA) is 55.1 Å². The number of carbonyl (C=O) groups excluding carboxylic acids is 1. The monoisotopic (exact) mass is 230 g/mol. The smallest absolute Gasteiger partial charge is 0.243 e. The highest BCUT2D eigenvalue weighted by Crippen LogP contribution is 2.22. The SMILES string of the molecule is CC(C)(N)C(=O)Nc1ccc(F)cc1Cl. The summed E-state index contributed by atoms with van der Waals surface area (Å²) in [4.78, 5) is 11.5. The maximum atomic E-state index is 12.7. The van der Waals surface area contributed by atoms with Crippen LogP contribution in [0.3, 0.4) is 0 Å². The van der Waals surface area contributed by atoms with Crippen molar-refractivity contribution in [3.8, 4) is 0 Å². The first-order chi connectivity index (χ1) is 6.80. The van der Waals surface area contributed by atoms with E-state index in [1.165, 1.54) is 12.1 Å². The molecule has 1 aromatic rings. The summed E-state index contributed by atoms with van der Waals surface area (Å²) in [5, 5.41) is 2.66. The van der Waals surface area contributed by atoms with Crippen molar-refractivity contribution >= 4 is 23.2 Å². The van der Waals surface area contributed by atoms with Crippen LogP contribution in [0.1, 0.15) is 13.8 Å². The molecule has 0 fully saturated rings. The Bertz CT molecular complexity index is 387. The zero-order chi connectivity index (χ0) is 11.6. The molecule has 0 heterocycles. The van der Waals surface area contributed by atoms with Gasteiger partial charge in [-0.2, -0.15) is 0 Å². The molecular formula is C10H12ClFN2O. The van der Waals surface area contributed by atoms with E-state index in [1.54, 1.807) is 13.8 Å². The van der Waals surface area contributed by atoms with Gasteiger partial charge in [0.2, 0.25) is 5.91 Å². The number of anilines is 1. The maximum absolute atomic E-state index is 12.7. The molecule has 0 aliphatic carbocycles. The number of hydrogen-bond acceptors (Lipinski definition) is 2. The van der Waals surface area contributed by atoms with Gasteiger partial charge >= 0.3 is 0 Å². The molecule has 1 aromatic carbocycles. The van der Waals surface area contributed by atoms with E-state index in [0.29, 0.717) is 5.69 Å². The summed E-state index contributed by atoms with van der Waals surface area (Å²) in [5.41, 5.74) is 4.92. The largest absolute Gasteiger partial charge is 0.323 e. The molecule has 0 atom stereocenters. The fourth-order valence-corrected chi connectivity index (χ4v) is 1.09. The van der Waals surface area contributed by atoms with Gasteiger partial charge in [-0.05, 0) is 32.0 Å². The molecule has 0 aliphatic heterocycles. The summed E-state index contributed by atoms with van der Waals surface area (Å²) in [6.45, 7) is 3.14. The average Bonchev–Trinajstić information content (AvgIpc) is 2.08. The second kappa shape index (κ2) is 4.16. The lowest BCUT2D eigenvalue weighted by Gasteiger charge is -2.18. The average molecular weight is 231 g/mol. The van der Waals surface area contributed by atoms with Crippen LogP contribution < -0.4 is 11.1 Å². The molecule has 0 radical (unpaired) electrons. The van der Waals surface area contributed by atoms with Gasteiger partial charge < -0.3 is 11.1 Å². The van der Waals surface area contributed by atoms with Crippen molar-refractivity contribution in [3.05, 3.63) is 29.0 Å². The van der Waals surface area contributed by atoms with E-state index in [9.17, 15) is 9.18 Å². The number of rotatable bonds is 2. The third-order valence-electron chi connectivity index (χ3n) is 1.76. The molecule has 0 aromatic heterocycles. The number of hydrogen-bond donors (Lipinski definition) is 2. The molecule has 0 aliphatic rings. The van der Waals surface area contributed by atoms with Crippen molar-refractivity contribution < 1.29 is 9.18 Å². The van der Waals surface area contributed by atoms with Gasteiger partial charge in [-0.15, -0.1) is 0 Å². The fourth-order valence-electron chi connectivity index (χ4n) is 0.874. The Morgan fingerprint density at radius 3 is 2.60 bits per heavy atom. The highest BCUT2D eigenvalue weighted by atomic mass is 35.5. The fraction of sp³-hybridized carbons (Fsp3) is 0.300. The molecular weight excluding hydrogens is 219 g/mol. The molecule has 0 spiro atoms. The van der Waals surface area contributed by atoms with E-state index in [2.05, 4.69) is 5.32 Å². The summed E-state index contributed by atoms with van der Waals surface area (Å²) in [7, 11) is 0. The van der Waals surface area contributed by atoms with E-state index in [4.69, 9.17) is 17.3 Å². The quantitative estimate of drug-likeness (QED) is 0.818. The molecule has 1 rings (SSSR count). The Morgan fingerprint density at radius 2 is 2.13 bits per heavy atom. The van der Waals surface area contributed by atoms with Crippen molar-refractivity contribution in [2.24, 2.45) is 5.73 Å². The summed E-state index contributed by atoms with van der Waals surface area (Å²) >= 11 is 5.73. The van der Waals surface area contributed by atoms with Crippen molar-refractivity contribution in [1.82, 2.24) is 0 Å². The lowest BCUT2D eigenvalue weighted by molar-refractivity contribution is -0.120.